The number of rotatable bonds is 7. The van der Waals surface area contributed by atoms with Gasteiger partial charge >= 0.3 is 18.0 Å². The van der Waals surface area contributed by atoms with Crippen molar-refractivity contribution in [3.63, 3.8) is 0 Å². The number of benzene rings is 2. The second kappa shape index (κ2) is 9.62. The summed E-state index contributed by atoms with van der Waals surface area (Å²) in [5.74, 6) is -7.50. The smallest absolute Gasteiger partial charge is 0.407 e. The van der Waals surface area contributed by atoms with Gasteiger partial charge < -0.3 is 20.5 Å². The first-order valence-electron chi connectivity index (χ1n) is 10.9. The van der Waals surface area contributed by atoms with Crippen molar-refractivity contribution in [2.75, 3.05) is 13.2 Å². The van der Waals surface area contributed by atoms with Gasteiger partial charge in [-0.2, -0.15) is 8.78 Å². The number of allylic oxidation sites excluding steroid dienone is 1. The largest absolute Gasteiger partial charge is 0.481 e. The van der Waals surface area contributed by atoms with Crippen molar-refractivity contribution in [1.29, 1.82) is 0 Å². The van der Waals surface area contributed by atoms with Crippen molar-refractivity contribution in [3.8, 4) is 11.1 Å². The van der Waals surface area contributed by atoms with Crippen LogP contribution in [0.3, 0.4) is 0 Å². The molecule has 2 atom stereocenters. The molecule has 2 aliphatic rings. The number of alkyl halides is 2. The van der Waals surface area contributed by atoms with E-state index in [2.05, 4.69) is 5.32 Å². The molecule has 7 nitrogen and oxygen atoms in total. The van der Waals surface area contributed by atoms with Crippen LogP contribution in [0.2, 0.25) is 0 Å². The van der Waals surface area contributed by atoms with Crippen molar-refractivity contribution in [2.24, 2.45) is 5.92 Å². The molecule has 0 bridgehead atoms. The normalized spacial score (nSPS) is 19.1. The average molecular weight is 470 g/mol. The first-order valence-corrected chi connectivity index (χ1v) is 10.9. The Kier molecular flexibility index (Phi) is 6.63. The van der Waals surface area contributed by atoms with Gasteiger partial charge in [-0.1, -0.05) is 60.7 Å². The third kappa shape index (κ3) is 4.93. The van der Waals surface area contributed by atoms with E-state index in [0.29, 0.717) is 0 Å². The third-order valence-electron chi connectivity index (χ3n) is 6.12. The number of carboxylic acid groups (broad SMARTS) is 1. The monoisotopic (exact) mass is 470 g/mol. The molecule has 0 spiro atoms. The molecule has 0 aromatic heterocycles. The lowest BCUT2D eigenvalue weighted by molar-refractivity contribution is -0.146. The molecule has 0 saturated heterocycles. The molecule has 0 radical (unpaired) electrons. The number of carbonyl (C=O) groups excluding carboxylic acids is 2. The highest BCUT2D eigenvalue weighted by Crippen LogP contribution is 2.44. The van der Waals surface area contributed by atoms with Gasteiger partial charge in [-0.25, -0.2) is 4.79 Å². The van der Waals surface area contributed by atoms with Crippen molar-refractivity contribution < 1.29 is 33.0 Å². The number of ether oxygens (including phenoxy) is 1. The molecule has 0 heterocycles. The van der Waals surface area contributed by atoms with Gasteiger partial charge in [-0.05, 0) is 35.1 Å². The van der Waals surface area contributed by atoms with Gasteiger partial charge in [0.05, 0.1) is 12.5 Å². The molecule has 2 aromatic rings. The third-order valence-corrected chi connectivity index (χ3v) is 6.12. The lowest BCUT2D eigenvalue weighted by Gasteiger charge is -2.25. The number of amides is 2. The summed E-state index contributed by atoms with van der Waals surface area (Å²) in [7, 11) is 0. The second-order valence-corrected chi connectivity index (χ2v) is 8.40. The minimum absolute atomic E-state index is 0.0213. The second-order valence-electron chi connectivity index (χ2n) is 8.40. The van der Waals surface area contributed by atoms with Gasteiger partial charge in [-0.15, -0.1) is 0 Å². The fraction of sp³-hybridized carbons (Fsp3) is 0.320. The maximum atomic E-state index is 14.3. The molecule has 2 aromatic carbocycles. The highest BCUT2D eigenvalue weighted by molar-refractivity contribution is 5.85. The van der Waals surface area contributed by atoms with Crippen LogP contribution >= 0.6 is 0 Å². The standard InChI is InChI=1S/C25H24F2N2O5/c26-25(27,23(32)29-16-7-5-6-15(12-16)22(30)31)14-28-24(33)34-13-21-19-10-3-1-8-17(19)18-9-2-4-11-20(18)21/h1-5,7-11,15-16,21H,6,12-14H2,(H,28,33)(H,29,32)(H,30,31)/t15-,16-/m1/s1. The molecule has 178 valence electrons. The van der Waals surface area contributed by atoms with Crippen LogP contribution in [0.5, 0.6) is 0 Å². The van der Waals surface area contributed by atoms with E-state index in [9.17, 15) is 23.2 Å². The summed E-state index contributed by atoms with van der Waals surface area (Å²) < 4.78 is 33.8. The van der Waals surface area contributed by atoms with E-state index in [1.807, 2.05) is 53.8 Å². The number of hydrogen-bond acceptors (Lipinski definition) is 4. The Bertz CT molecular complexity index is 1090. The predicted molar refractivity (Wildman–Crippen MR) is 119 cm³/mol. The van der Waals surface area contributed by atoms with Gasteiger partial charge in [0, 0.05) is 12.0 Å². The van der Waals surface area contributed by atoms with Gasteiger partial charge in [0.15, 0.2) is 0 Å². The molecule has 34 heavy (non-hydrogen) atoms. The Hall–Kier alpha value is -3.75. The van der Waals surface area contributed by atoms with E-state index in [1.54, 1.807) is 6.08 Å². The van der Waals surface area contributed by atoms with Crippen LogP contribution in [0.25, 0.3) is 11.1 Å². The number of hydrogen-bond donors (Lipinski definition) is 3. The Balaban J connectivity index is 1.30. The molecule has 4 rings (SSSR count). The van der Waals surface area contributed by atoms with Gasteiger partial charge in [0.2, 0.25) is 0 Å². The van der Waals surface area contributed by atoms with E-state index in [-0.39, 0.29) is 25.4 Å². The molecule has 3 N–H and O–H groups in total. The van der Waals surface area contributed by atoms with Crippen LogP contribution in [0.1, 0.15) is 29.9 Å². The number of carbonyl (C=O) groups is 3. The maximum absolute atomic E-state index is 14.3. The van der Waals surface area contributed by atoms with Crippen molar-refractivity contribution in [2.45, 2.75) is 30.7 Å². The summed E-state index contributed by atoms with van der Waals surface area (Å²) in [5, 5.41) is 13.2. The highest BCUT2D eigenvalue weighted by atomic mass is 19.3. The van der Waals surface area contributed by atoms with E-state index in [1.165, 1.54) is 6.08 Å². The molecule has 9 heteroatoms. The van der Waals surface area contributed by atoms with Crippen LogP contribution in [0, 0.1) is 5.92 Å². The lowest BCUT2D eigenvalue weighted by Crippen LogP contribution is -2.51. The van der Waals surface area contributed by atoms with Crippen LogP contribution in [0.15, 0.2) is 60.7 Å². The SMILES string of the molecule is O=C(NCC(F)(F)C(=O)N[C@@H]1C=CC[C@@H](C(=O)O)C1)OCC1c2ccccc2-c2ccccc21. The zero-order valence-electron chi connectivity index (χ0n) is 18.2. The summed E-state index contributed by atoms with van der Waals surface area (Å²) in [4.78, 5) is 35.3. The molecule has 0 saturated carbocycles. The summed E-state index contributed by atoms with van der Waals surface area (Å²) >= 11 is 0. The molecular weight excluding hydrogens is 446 g/mol. The molecule has 2 aliphatic carbocycles. The fourth-order valence-electron chi connectivity index (χ4n) is 4.38. The summed E-state index contributed by atoms with van der Waals surface area (Å²) in [5.41, 5.74) is 4.05. The number of nitrogens with one attached hydrogen (secondary N) is 2. The molecule has 0 unspecified atom stereocenters. The Morgan fingerprint density at radius 3 is 2.26 bits per heavy atom. The first kappa shape index (κ1) is 23.4. The maximum Gasteiger partial charge on any atom is 0.407 e. The quantitative estimate of drug-likeness (QED) is 0.536. The number of alkyl carbamates (subject to hydrolysis) is 1. The highest BCUT2D eigenvalue weighted by Gasteiger charge is 2.41. The Morgan fingerprint density at radius 2 is 1.65 bits per heavy atom. The number of halogens is 2. The van der Waals surface area contributed by atoms with Crippen molar-refractivity contribution in [3.05, 3.63) is 71.8 Å². The van der Waals surface area contributed by atoms with Gasteiger partial charge in [0.25, 0.3) is 5.91 Å². The Labute approximate surface area is 194 Å². The molecule has 0 aliphatic heterocycles. The average Bonchev–Trinajstić information content (AvgIpc) is 3.15. The van der Waals surface area contributed by atoms with Crippen molar-refractivity contribution >= 4 is 18.0 Å². The van der Waals surface area contributed by atoms with E-state index in [0.717, 1.165) is 22.3 Å². The summed E-state index contributed by atoms with van der Waals surface area (Å²) in [6, 6.07) is 14.6. The van der Waals surface area contributed by atoms with Crippen molar-refractivity contribution in [1.82, 2.24) is 10.6 Å². The van der Waals surface area contributed by atoms with Gasteiger partial charge in [0.1, 0.15) is 6.61 Å². The zero-order valence-corrected chi connectivity index (χ0v) is 18.2. The van der Waals surface area contributed by atoms with Crippen LogP contribution in [0.4, 0.5) is 13.6 Å². The lowest BCUT2D eigenvalue weighted by atomic mass is 9.91. The summed E-state index contributed by atoms with van der Waals surface area (Å²) in [6.07, 6.45) is 2.28. The minimum atomic E-state index is -3.89. The predicted octanol–water partition coefficient (Wildman–Crippen LogP) is 3.70. The number of fused-ring (bicyclic) bond motifs is 3. The Morgan fingerprint density at radius 1 is 1.03 bits per heavy atom. The van der Waals surface area contributed by atoms with E-state index in [4.69, 9.17) is 9.84 Å². The number of aliphatic carboxylic acids is 1. The van der Waals surface area contributed by atoms with Crippen LogP contribution < -0.4 is 10.6 Å². The molecular formula is C25H24F2N2O5. The molecule has 0 fully saturated rings. The zero-order chi connectivity index (χ0) is 24.3. The van der Waals surface area contributed by atoms with E-state index < -0.39 is 42.4 Å². The number of carboxylic acids is 1. The van der Waals surface area contributed by atoms with Gasteiger partial charge in [-0.3, -0.25) is 9.59 Å². The topological polar surface area (TPSA) is 105 Å². The summed E-state index contributed by atoms with van der Waals surface area (Å²) in [6.45, 7) is -1.28. The van der Waals surface area contributed by atoms with Crippen LogP contribution in [-0.2, 0) is 14.3 Å². The van der Waals surface area contributed by atoms with E-state index >= 15 is 0 Å². The fourth-order valence-corrected chi connectivity index (χ4v) is 4.38. The first-order chi connectivity index (χ1) is 16.3. The minimum Gasteiger partial charge on any atom is -0.481 e. The molecule has 2 amide bonds. The van der Waals surface area contributed by atoms with Crippen LogP contribution in [-0.4, -0.2) is 48.2 Å².